The number of carbonyl (C=O) groups is 1. The summed E-state index contributed by atoms with van der Waals surface area (Å²) >= 11 is 0. The van der Waals surface area contributed by atoms with Gasteiger partial charge in [0.05, 0.1) is 0 Å². The van der Waals surface area contributed by atoms with E-state index < -0.39 is 0 Å². The summed E-state index contributed by atoms with van der Waals surface area (Å²) in [6.07, 6.45) is 9.28. The number of fused-ring (bicyclic) bond motifs is 1. The number of rotatable bonds is 0. The largest absolute Gasteiger partial charge is 0.295 e. The van der Waals surface area contributed by atoms with Crippen LogP contribution >= 0.6 is 0 Å². The number of ketones is 1. The van der Waals surface area contributed by atoms with Gasteiger partial charge in [0, 0.05) is 6.42 Å². The maximum Gasteiger partial charge on any atom is 0.156 e. The van der Waals surface area contributed by atoms with E-state index in [1.807, 2.05) is 0 Å². The maximum absolute atomic E-state index is 11.3. The molecule has 0 saturated heterocycles. The third kappa shape index (κ3) is 1.48. The Bertz CT molecular complexity index is 298. The molecule has 70 valence electrons. The van der Waals surface area contributed by atoms with E-state index in [1.165, 1.54) is 18.4 Å². The van der Waals surface area contributed by atoms with Crippen molar-refractivity contribution in [3.63, 3.8) is 0 Å². The summed E-state index contributed by atoms with van der Waals surface area (Å²) in [4.78, 5) is 11.3. The molecule has 0 N–H and O–H groups in total. The molecule has 1 heteroatoms. The van der Waals surface area contributed by atoms with Gasteiger partial charge >= 0.3 is 0 Å². The van der Waals surface area contributed by atoms with Crippen molar-refractivity contribution in [1.29, 1.82) is 0 Å². The van der Waals surface area contributed by atoms with Crippen molar-refractivity contribution in [2.45, 2.75) is 33.1 Å². The first kappa shape index (κ1) is 8.74. The molecule has 0 aliphatic heterocycles. The Morgan fingerprint density at radius 2 is 2.31 bits per heavy atom. The van der Waals surface area contributed by atoms with Gasteiger partial charge in [-0.2, -0.15) is 0 Å². The maximum atomic E-state index is 11.3. The summed E-state index contributed by atoms with van der Waals surface area (Å²) in [5.74, 6) is 0.743. The summed E-state index contributed by atoms with van der Waals surface area (Å²) in [6, 6.07) is 0. The predicted octanol–water partition coefficient (Wildman–Crippen LogP) is 2.88. The Balaban J connectivity index is 2.34. The van der Waals surface area contributed by atoms with Crippen LogP contribution in [0.5, 0.6) is 0 Å². The summed E-state index contributed by atoms with van der Waals surface area (Å²) in [5.41, 5.74) is 1.71. The average Bonchev–Trinajstić information content (AvgIpc) is 2.08. The molecule has 0 aromatic carbocycles. The van der Waals surface area contributed by atoms with E-state index in [2.05, 4.69) is 26.0 Å². The minimum atomic E-state index is 0.257. The molecule has 0 saturated carbocycles. The third-order valence-corrected chi connectivity index (χ3v) is 3.46. The Hall–Kier alpha value is -0.850. The SMILES string of the molecule is CC1=CC2CC(=O)C=CC2(C)CC1. The van der Waals surface area contributed by atoms with Gasteiger partial charge < -0.3 is 0 Å². The molecule has 2 aliphatic carbocycles. The fraction of sp³-hybridized carbons (Fsp3) is 0.583. The van der Waals surface area contributed by atoms with Gasteiger partial charge in [-0.05, 0) is 37.2 Å². The molecule has 0 radical (unpaired) electrons. The van der Waals surface area contributed by atoms with Crippen molar-refractivity contribution in [2.24, 2.45) is 11.3 Å². The van der Waals surface area contributed by atoms with Crippen LogP contribution < -0.4 is 0 Å². The fourth-order valence-electron chi connectivity index (χ4n) is 2.34. The first-order valence-electron chi connectivity index (χ1n) is 4.99. The lowest BCUT2D eigenvalue weighted by atomic mass is 9.65. The minimum absolute atomic E-state index is 0.257. The van der Waals surface area contributed by atoms with Crippen LogP contribution in [-0.4, -0.2) is 5.78 Å². The molecule has 2 rings (SSSR count). The van der Waals surface area contributed by atoms with Crippen LogP contribution in [0.1, 0.15) is 33.1 Å². The molecule has 0 spiro atoms. The molecule has 0 aromatic heterocycles. The van der Waals surface area contributed by atoms with Crippen LogP contribution in [0.2, 0.25) is 0 Å². The van der Waals surface area contributed by atoms with Crippen LogP contribution in [0.4, 0.5) is 0 Å². The molecule has 2 unspecified atom stereocenters. The van der Waals surface area contributed by atoms with Gasteiger partial charge in [0.2, 0.25) is 0 Å². The number of carbonyl (C=O) groups excluding carboxylic acids is 1. The number of hydrogen-bond acceptors (Lipinski definition) is 1. The van der Waals surface area contributed by atoms with E-state index in [0.29, 0.717) is 12.3 Å². The van der Waals surface area contributed by atoms with Crippen LogP contribution in [0.3, 0.4) is 0 Å². The summed E-state index contributed by atoms with van der Waals surface area (Å²) in [5, 5.41) is 0. The standard InChI is InChI=1S/C12H16O/c1-9-3-5-12(2)6-4-11(13)8-10(12)7-9/h4,6-7,10H,3,5,8H2,1-2H3. The second kappa shape index (κ2) is 2.83. The normalized spacial score (nSPS) is 38.5. The van der Waals surface area contributed by atoms with Crippen molar-refractivity contribution in [3.8, 4) is 0 Å². The van der Waals surface area contributed by atoms with Crippen LogP contribution in [-0.2, 0) is 4.79 Å². The highest BCUT2D eigenvalue weighted by atomic mass is 16.1. The first-order chi connectivity index (χ1) is 6.10. The highest BCUT2D eigenvalue weighted by Gasteiger charge is 2.36. The topological polar surface area (TPSA) is 17.1 Å². The van der Waals surface area contributed by atoms with Crippen molar-refractivity contribution < 1.29 is 4.79 Å². The Labute approximate surface area is 79.5 Å². The molecule has 0 amide bonds. The lowest BCUT2D eigenvalue weighted by molar-refractivity contribution is -0.116. The van der Waals surface area contributed by atoms with Crippen LogP contribution in [0, 0.1) is 11.3 Å². The average molecular weight is 176 g/mol. The monoisotopic (exact) mass is 176 g/mol. The Kier molecular flexibility index (Phi) is 1.90. The lowest BCUT2D eigenvalue weighted by Gasteiger charge is -2.39. The van der Waals surface area contributed by atoms with Gasteiger partial charge in [-0.1, -0.05) is 24.6 Å². The van der Waals surface area contributed by atoms with Crippen molar-refractivity contribution in [3.05, 3.63) is 23.8 Å². The highest BCUT2D eigenvalue weighted by Crippen LogP contribution is 2.44. The van der Waals surface area contributed by atoms with Crippen LogP contribution in [0.15, 0.2) is 23.8 Å². The molecular weight excluding hydrogens is 160 g/mol. The van der Waals surface area contributed by atoms with E-state index in [9.17, 15) is 4.79 Å². The number of allylic oxidation sites excluding steroid dienone is 4. The summed E-state index contributed by atoms with van der Waals surface area (Å²) < 4.78 is 0. The minimum Gasteiger partial charge on any atom is -0.295 e. The Morgan fingerprint density at radius 1 is 1.54 bits per heavy atom. The molecule has 0 fully saturated rings. The zero-order valence-electron chi connectivity index (χ0n) is 8.34. The molecule has 2 aliphatic rings. The van der Waals surface area contributed by atoms with E-state index in [-0.39, 0.29) is 11.2 Å². The summed E-state index contributed by atoms with van der Waals surface area (Å²) in [6.45, 7) is 4.44. The van der Waals surface area contributed by atoms with Crippen molar-refractivity contribution in [2.75, 3.05) is 0 Å². The summed E-state index contributed by atoms with van der Waals surface area (Å²) in [7, 11) is 0. The molecule has 0 bridgehead atoms. The van der Waals surface area contributed by atoms with Gasteiger partial charge in [-0.15, -0.1) is 0 Å². The predicted molar refractivity (Wildman–Crippen MR) is 53.4 cm³/mol. The van der Waals surface area contributed by atoms with Gasteiger partial charge in [-0.25, -0.2) is 0 Å². The first-order valence-corrected chi connectivity index (χ1v) is 4.99. The van der Waals surface area contributed by atoms with E-state index in [4.69, 9.17) is 0 Å². The molecule has 13 heavy (non-hydrogen) atoms. The smallest absolute Gasteiger partial charge is 0.156 e. The number of hydrogen-bond donors (Lipinski definition) is 0. The molecule has 0 heterocycles. The zero-order valence-corrected chi connectivity index (χ0v) is 8.34. The molecule has 0 aromatic rings. The second-order valence-electron chi connectivity index (χ2n) is 4.63. The van der Waals surface area contributed by atoms with E-state index in [0.717, 1.165) is 0 Å². The zero-order chi connectivity index (χ0) is 9.47. The van der Waals surface area contributed by atoms with Gasteiger partial charge in [0.15, 0.2) is 5.78 Å². The van der Waals surface area contributed by atoms with Crippen molar-refractivity contribution >= 4 is 5.78 Å². The van der Waals surface area contributed by atoms with Crippen LogP contribution in [0.25, 0.3) is 0 Å². The van der Waals surface area contributed by atoms with Gasteiger partial charge in [0.25, 0.3) is 0 Å². The molecule has 1 nitrogen and oxygen atoms in total. The van der Waals surface area contributed by atoms with E-state index >= 15 is 0 Å². The molecular formula is C12H16O. The highest BCUT2D eigenvalue weighted by molar-refractivity contribution is 5.91. The van der Waals surface area contributed by atoms with Gasteiger partial charge in [0.1, 0.15) is 0 Å². The van der Waals surface area contributed by atoms with E-state index in [1.54, 1.807) is 6.08 Å². The van der Waals surface area contributed by atoms with Gasteiger partial charge in [-0.3, -0.25) is 4.79 Å². The quantitative estimate of drug-likeness (QED) is 0.519. The third-order valence-electron chi connectivity index (χ3n) is 3.46. The fourth-order valence-corrected chi connectivity index (χ4v) is 2.34. The van der Waals surface area contributed by atoms with Crippen molar-refractivity contribution in [1.82, 2.24) is 0 Å². The second-order valence-corrected chi connectivity index (χ2v) is 4.63. The Morgan fingerprint density at radius 3 is 3.08 bits per heavy atom. The lowest BCUT2D eigenvalue weighted by Crippen LogP contribution is -2.32. The molecule has 2 atom stereocenters.